The lowest BCUT2D eigenvalue weighted by Gasteiger charge is -2.27. The molecule has 1 atom stereocenters. The van der Waals surface area contributed by atoms with Crippen LogP contribution in [0.3, 0.4) is 0 Å². The van der Waals surface area contributed by atoms with Gasteiger partial charge in [-0.25, -0.2) is 0 Å². The number of hydrogen-bond acceptors (Lipinski definition) is 5. The summed E-state index contributed by atoms with van der Waals surface area (Å²) >= 11 is 1.28. The molecule has 0 spiro atoms. The zero-order valence-electron chi connectivity index (χ0n) is 15.7. The number of ether oxygens (including phenoxy) is 1. The number of nitrogens with zero attached hydrogens (tertiary/aromatic N) is 1. The minimum atomic E-state index is -0.712. The largest absolute Gasteiger partial charge is 0.503 e. The highest BCUT2D eigenvalue weighted by Crippen LogP contribution is 2.42. The van der Waals surface area contributed by atoms with Gasteiger partial charge >= 0.3 is 0 Å². The van der Waals surface area contributed by atoms with Gasteiger partial charge in [-0.15, -0.1) is 11.3 Å². The van der Waals surface area contributed by atoms with Crippen molar-refractivity contribution in [1.82, 2.24) is 0 Å². The van der Waals surface area contributed by atoms with E-state index in [4.69, 9.17) is 4.74 Å². The van der Waals surface area contributed by atoms with Crippen LogP contribution in [0.4, 0.5) is 5.69 Å². The number of carbonyl (C=O) groups excluding carboxylic acids is 2. The molecule has 6 heteroatoms. The van der Waals surface area contributed by atoms with Gasteiger partial charge in [-0.1, -0.05) is 36.4 Å². The van der Waals surface area contributed by atoms with Crippen LogP contribution in [-0.2, 0) is 4.79 Å². The SMILES string of the molecule is CCOc1ccc(N2C(=O)C(O)=C(C(=O)c3cccs3)[C@H]2c2ccccc2)cc1. The number of carbonyl (C=O) groups is 2. The van der Waals surface area contributed by atoms with Crippen LogP contribution in [0.15, 0.2) is 83.4 Å². The smallest absolute Gasteiger partial charge is 0.294 e. The number of Topliss-reactive ketones (excluding diaryl/α,β-unsaturated/α-hetero) is 1. The van der Waals surface area contributed by atoms with Gasteiger partial charge < -0.3 is 9.84 Å². The Morgan fingerprint density at radius 2 is 1.79 bits per heavy atom. The summed E-state index contributed by atoms with van der Waals surface area (Å²) in [4.78, 5) is 28.1. The summed E-state index contributed by atoms with van der Waals surface area (Å²) in [5.41, 5.74) is 1.42. The molecule has 5 nitrogen and oxygen atoms in total. The van der Waals surface area contributed by atoms with E-state index < -0.39 is 17.7 Å². The van der Waals surface area contributed by atoms with Gasteiger partial charge in [0.25, 0.3) is 5.91 Å². The van der Waals surface area contributed by atoms with Crippen molar-refractivity contribution < 1.29 is 19.4 Å². The zero-order chi connectivity index (χ0) is 20.4. The molecule has 1 aromatic heterocycles. The Kier molecular flexibility index (Phi) is 5.18. The molecule has 0 saturated heterocycles. The highest BCUT2D eigenvalue weighted by molar-refractivity contribution is 7.12. The molecule has 29 heavy (non-hydrogen) atoms. The van der Waals surface area contributed by atoms with Gasteiger partial charge in [-0.05, 0) is 48.2 Å². The lowest BCUT2D eigenvalue weighted by molar-refractivity contribution is -0.117. The lowest BCUT2D eigenvalue weighted by atomic mass is 9.95. The van der Waals surface area contributed by atoms with Crippen molar-refractivity contribution in [2.45, 2.75) is 13.0 Å². The van der Waals surface area contributed by atoms with Gasteiger partial charge in [0.2, 0.25) is 5.78 Å². The molecule has 146 valence electrons. The Morgan fingerprint density at radius 1 is 1.07 bits per heavy atom. The first-order valence-electron chi connectivity index (χ1n) is 9.24. The summed E-state index contributed by atoms with van der Waals surface area (Å²) in [6.45, 7) is 2.43. The molecule has 1 N–H and O–H groups in total. The van der Waals surface area contributed by atoms with Crippen LogP contribution in [0.2, 0.25) is 0 Å². The molecule has 0 bridgehead atoms. The predicted octanol–water partition coefficient (Wildman–Crippen LogP) is 4.93. The number of aliphatic hydroxyl groups is 1. The summed E-state index contributed by atoms with van der Waals surface area (Å²) in [5, 5.41) is 12.5. The van der Waals surface area contributed by atoms with E-state index in [1.165, 1.54) is 16.2 Å². The minimum absolute atomic E-state index is 0.0949. The van der Waals surface area contributed by atoms with Crippen LogP contribution in [-0.4, -0.2) is 23.4 Å². The van der Waals surface area contributed by atoms with Crippen LogP contribution in [0.1, 0.15) is 28.2 Å². The van der Waals surface area contributed by atoms with E-state index >= 15 is 0 Å². The Balaban J connectivity index is 1.81. The summed E-state index contributed by atoms with van der Waals surface area (Å²) < 4.78 is 5.48. The summed E-state index contributed by atoms with van der Waals surface area (Å²) in [7, 11) is 0. The summed E-state index contributed by atoms with van der Waals surface area (Å²) in [6.07, 6.45) is 0. The van der Waals surface area contributed by atoms with Gasteiger partial charge in [-0.2, -0.15) is 0 Å². The molecule has 2 heterocycles. The van der Waals surface area contributed by atoms with Crippen molar-refractivity contribution in [3.8, 4) is 5.75 Å². The number of aliphatic hydroxyl groups excluding tert-OH is 1. The average Bonchev–Trinajstić information content (AvgIpc) is 3.37. The zero-order valence-corrected chi connectivity index (χ0v) is 16.6. The van der Waals surface area contributed by atoms with Crippen LogP contribution in [0.5, 0.6) is 5.75 Å². The average molecular weight is 405 g/mol. The fourth-order valence-corrected chi connectivity index (χ4v) is 4.14. The minimum Gasteiger partial charge on any atom is -0.503 e. The molecule has 1 aliphatic heterocycles. The van der Waals surface area contributed by atoms with Gasteiger partial charge in [-0.3, -0.25) is 14.5 Å². The fraction of sp³-hybridized carbons (Fsp3) is 0.130. The second kappa shape index (κ2) is 7.93. The monoisotopic (exact) mass is 405 g/mol. The topological polar surface area (TPSA) is 66.8 Å². The molecule has 3 aromatic rings. The highest BCUT2D eigenvalue weighted by atomic mass is 32.1. The van der Waals surface area contributed by atoms with E-state index in [0.717, 1.165) is 5.56 Å². The standard InChI is InChI=1S/C23H19NO4S/c1-2-28-17-12-10-16(11-13-17)24-20(15-7-4-3-5-8-15)19(22(26)23(24)27)21(25)18-9-6-14-29-18/h3-14,20,26H,2H2,1H3/t20-/m1/s1. The van der Waals surface area contributed by atoms with Crippen LogP contribution < -0.4 is 9.64 Å². The first-order chi connectivity index (χ1) is 14.1. The summed E-state index contributed by atoms with van der Waals surface area (Å²) in [6, 6.07) is 19.1. The highest BCUT2D eigenvalue weighted by Gasteiger charge is 2.44. The van der Waals surface area contributed by atoms with E-state index in [-0.39, 0.29) is 11.4 Å². The molecule has 0 unspecified atom stereocenters. The third-order valence-electron chi connectivity index (χ3n) is 4.74. The number of benzene rings is 2. The molecule has 1 aliphatic rings. The van der Waals surface area contributed by atoms with Crippen molar-refractivity contribution in [2.75, 3.05) is 11.5 Å². The third-order valence-corrected chi connectivity index (χ3v) is 5.61. The normalized spacial score (nSPS) is 16.4. The first-order valence-corrected chi connectivity index (χ1v) is 10.1. The maximum absolute atomic E-state index is 13.2. The van der Waals surface area contributed by atoms with Crippen LogP contribution in [0.25, 0.3) is 0 Å². The van der Waals surface area contributed by atoms with Crippen molar-refractivity contribution in [3.63, 3.8) is 0 Å². The molecule has 0 fully saturated rings. The molecule has 1 amide bonds. The Bertz CT molecular complexity index is 1060. The number of thiophene rings is 1. The molecular weight excluding hydrogens is 386 g/mol. The number of ketones is 1. The van der Waals surface area contributed by atoms with Crippen LogP contribution in [0, 0.1) is 0 Å². The third kappa shape index (κ3) is 3.43. The van der Waals surface area contributed by atoms with Crippen molar-refractivity contribution in [3.05, 3.63) is 93.9 Å². The molecule has 4 rings (SSSR count). The van der Waals surface area contributed by atoms with Crippen molar-refractivity contribution in [1.29, 1.82) is 0 Å². The van der Waals surface area contributed by atoms with E-state index in [9.17, 15) is 14.7 Å². The quantitative estimate of drug-likeness (QED) is 0.591. The maximum Gasteiger partial charge on any atom is 0.294 e. The van der Waals surface area contributed by atoms with Crippen molar-refractivity contribution in [2.24, 2.45) is 0 Å². The fourth-order valence-electron chi connectivity index (χ4n) is 3.46. The van der Waals surface area contributed by atoms with Gasteiger partial charge in [0.15, 0.2) is 5.76 Å². The molecule has 2 aromatic carbocycles. The Hall–Kier alpha value is -3.38. The van der Waals surface area contributed by atoms with Gasteiger partial charge in [0.1, 0.15) is 5.75 Å². The van der Waals surface area contributed by atoms with Crippen molar-refractivity contribution >= 4 is 28.7 Å². The van der Waals surface area contributed by atoms with E-state index in [1.807, 2.05) is 37.3 Å². The summed E-state index contributed by atoms with van der Waals surface area (Å²) in [5.74, 6) is -0.756. The second-order valence-corrected chi connectivity index (χ2v) is 7.43. The maximum atomic E-state index is 13.2. The number of hydrogen-bond donors (Lipinski definition) is 1. The Morgan fingerprint density at radius 3 is 2.41 bits per heavy atom. The molecular formula is C23H19NO4S. The van der Waals surface area contributed by atoms with E-state index in [1.54, 1.807) is 41.8 Å². The lowest BCUT2D eigenvalue weighted by Crippen LogP contribution is -2.30. The van der Waals surface area contributed by atoms with Gasteiger partial charge in [0, 0.05) is 5.69 Å². The van der Waals surface area contributed by atoms with E-state index in [0.29, 0.717) is 22.9 Å². The van der Waals surface area contributed by atoms with Gasteiger partial charge in [0.05, 0.1) is 23.1 Å². The predicted molar refractivity (Wildman–Crippen MR) is 113 cm³/mol. The second-order valence-electron chi connectivity index (χ2n) is 6.48. The number of amides is 1. The number of anilines is 1. The molecule has 0 aliphatic carbocycles. The molecule has 0 radical (unpaired) electrons. The number of rotatable bonds is 6. The Labute approximate surface area is 172 Å². The molecule has 0 saturated carbocycles. The van der Waals surface area contributed by atoms with E-state index in [2.05, 4.69) is 0 Å². The first kappa shape index (κ1) is 19.0. The van der Waals surface area contributed by atoms with Crippen LogP contribution >= 0.6 is 11.3 Å².